The van der Waals surface area contributed by atoms with Gasteiger partial charge in [0.15, 0.2) is 0 Å². The summed E-state index contributed by atoms with van der Waals surface area (Å²) in [5.74, 6) is 0.307. The highest BCUT2D eigenvalue weighted by Crippen LogP contribution is 2.42. The fraction of sp³-hybridized carbons (Fsp3) is 0.632. The van der Waals surface area contributed by atoms with Crippen molar-refractivity contribution in [2.24, 2.45) is 0 Å². The monoisotopic (exact) mass is 348 g/mol. The zero-order chi connectivity index (χ0) is 18.7. The van der Waals surface area contributed by atoms with E-state index >= 15 is 0 Å². The van der Waals surface area contributed by atoms with Gasteiger partial charge in [-0.15, -0.1) is 0 Å². The third-order valence-corrected chi connectivity index (χ3v) is 4.91. The first-order chi connectivity index (χ1) is 11.7. The minimum atomic E-state index is -0.507. The summed E-state index contributed by atoms with van der Waals surface area (Å²) in [6.07, 6.45) is 0.207. The molecule has 1 saturated heterocycles. The second kappa shape index (κ2) is 7.79. The SMILES string of the molecule is CCOC(=O)CC(B1OC(C)(C)C(C)(C)O1)c1ccc(OCC)cc1. The van der Waals surface area contributed by atoms with Crippen molar-refractivity contribution in [3.63, 3.8) is 0 Å². The van der Waals surface area contributed by atoms with Gasteiger partial charge in [0.05, 0.1) is 30.8 Å². The Kier molecular flexibility index (Phi) is 6.17. The highest BCUT2D eigenvalue weighted by atomic mass is 16.7. The van der Waals surface area contributed by atoms with Crippen molar-refractivity contribution < 1.29 is 23.6 Å². The molecule has 0 N–H and O–H groups in total. The molecule has 25 heavy (non-hydrogen) atoms. The molecule has 0 saturated carbocycles. The minimum Gasteiger partial charge on any atom is -0.494 e. The number of hydrogen-bond donors (Lipinski definition) is 0. The Hall–Kier alpha value is -1.53. The normalized spacial score (nSPS) is 19.5. The maximum Gasteiger partial charge on any atom is 0.466 e. The smallest absolute Gasteiger partial charge is 0.466 e. The van der Waals surface area contributed by atoms with Crippen LogP contribution in [0.2, 0.25) is 0 Å². The molecule has 1 atom stereocenters. The van der Waals surface area contributed by atoms with E-state index in [1.54, 1.807) is 6.92 Å². The van der Waals surface area contributed by atoms with Gasteiger partial charge < -0.3 is 18.8 Å². The molecule has 0 amide bonds. The molecule has 1 unspecified atom stereocenters. The van der Waals surface area contributed by atoms with E-state index in [1.807, 2.05) is 58.9 Å². The van der Waals surface area contributed by atoms with Crippen LogP contribution < -0.4 is 4.74 Å². The molecule has 0 bridgehead atoms. The van der Waals surface area contributed by atoms with Crippen LogP contribution in [-0.4, -0.2) is 37.5 Å². The molecule has 0 radical (unpaired) electrons. The van der Waals surface area contributed by atoms with Gasteiger partial charge in [-0.3, -0.25) is 4.79 Å². The van der Waals surface area contributed by atoms with Gasteiger partial charge in [0.25, 0.3) is 0 Å². The van der Waals surface area contributed by atoms with Crippen molar-refractivity contribution >= 4 is 13.1 Å². The van der Waals surface area contributed by atoms with Crippen molar-refractivity contribution in [3.05, 3.63) is 29.8 Å². The van der Waals surface area contributed by atoms with Gasteiger partial charge in [-0.25, -0.2) is 0 Å². The lowest BCUT2D eigenvalue weighted by atomic mass is 9.66. The van der Waals surface area contributed by atoms with E-state index in [2.05, 4.69) is 0 Å². The van der Waals surface area contributed by atoms with Crippen LogP contribution in [0.4, 0.5) is 0 Å². The highest BCUT2D eigenvalue weighted by molar-refractivity contribution is 6.48. The quantitative estimate of drug-likeness (QED) is 0.555. The van der Waals surface area contributed by atoms with E-state index in [0.29, 0.717) is 13.2 Å². The zero-order valence-corrected chi connectivity index (χ0v) is 16.1. The number of carbonyl (C=O) groups excluding carboxylic acids is 1. The summed E-state index contributed by atoms with van der Waals surface area (Å²) < 4.78 is 23.0. The summed E-state index contributed by atoms with van der Waals surface area (Å²) in [6.45, 7) is 12.7. The topological polar surface area (TPSA) is 54.0 Å². The fourth-order valence-electron chi connectivity index (χ4n) is 2.80. The molecule has 1 aliphatic heterocycles. The molecule has 0 spiro atoms. The van der Waals surface area contributed by atoms with Crippen LogP contribution in [0.3, 0.4) is 0 Å². The van der Waals surface area contributed by atoms with Gasteiger partial charge in [0, 0.05) is 5.82 Å². The average Bonchev–Trinajstić information content (AvgIpc) is 2.74. The number of rotatable bonds is 7. The van der Waals surface area contributed by atoms with Crippen molar-refractivity contribution in [2.75, 3.05) is 13.2 Å². The summed E-state index contributed by atoms with van der Waals surface area (Å²) in [4.78, 5) is 12.1. The summed E-state index contributed by atoms with van der Waals surface area (Å²) >= 11 is 0. The summed E-state index contributed by atoms with van der Waals surface area (Å²) in [5, 5.41) is 0. The second-order valence-electron chi connectivity index (χ2n) is 7.24. The van der Waals surface area contributed by atoms with Gasteiger partial charge in [0.2, 0.25) is 0 Å². The van der Waals surface area contributed by atoms with E-state index < -0.39 is 18.3 Å². The molecule has 0 aromatic heterocycles. The Morgan fingerprint density at radius 1 is 1.04 bits per heavy atom. The Bertz CT molecular complexity index is 566. The molecule has 5 nitrogen and oxygen atoms in total. The number of ether oxygens (including phenoxy) is 2. The fourth-order valence-corrected chi connectivity index (χ4v) is 2.80. The van der Waals surface area contributed by atoms with Gasteiger partial charge >= 0.3 is 13.1 Å². The molecular formula is C19H29BO5. The number of hydrogen-bond acceptors (Lipinski definition) is 5. The lowest BCUT2D eigenvalue weighted by Crippen LogP contribution is -2.41. The third kappa shape index (κ3) is 4.56. The van der Waals surface area contributed by atoms with Crippen molar-refractivity contribution in [1.82, 2.24) is 0 Å². The first-order valence-corrected chi connectivity index (χ1v) is 8.94. The van der Waals surface area contributed by atoms with Gasteiger partial charge in [-0.2, -0.15) is 0 Å². The first-order valence-electron chi connectivity index (χ1n) is 8.94. The predicted octanol–water partition coefficient (Wildman–Crippen LogP) is 3.75. The largest absolute Gasteiger partial charge is 0.494 e. The van der Waals surface area contributed by atoms with Crippen molar-refractivity contribution in [2.45, 2.75) is 65.0 Å². The summed E-state index contributed by atoms with van der Waals surface area (Å²) in [6, 6.07) is 7.73. The van der Waals surface area contributed by atoms with E-state index in [-0.39, 0.29) is 18.2 Å². The third-order valence-electron chi connectivity index (χ3n) is 4.91. The van der Waals surface area contributed by atoms with Crippen LogP contribution in [0.1, 0.15) is 59.3 Å². The lowest BCUT2D eigenvalue weighted by Gasteiger charge is -2.32. The van der Waals surface area contributed by atoms with Gasteiger partial charge in [-0.1, -0.05) is 12.1 Å². The molecule has 1 aromatic rings. The van der Waals surface area contributed by atoms with Crippen LogP contribution in [0, 0.1) is 0 Å². The molecule has 1 aliphatic rings. The average molecular weight is 348 g/mol. The molecular weight excluding hydrogens is 319 g/mol. The predicted molar refractivity (Wildman–Crippen MR) is 97.7 cm³/mol. The Morgan fingerprint density at radius 2 is 1.60 bits per heavy atom. The van der Waals surface area contributed by atoms with Crippen LogP contribution in [-0.2, 0) is 18.8 Å². The molecule has 6 heteroatoms. The molecule has 2 rings (SSSR count). The van der Waals surface area contributed by atoms with Crippen LogP contribution >= 0.6 is 0 Å². The maximum absolute atomic E-state index is 12.1. The Balaban J connectivity index is 2.26. The molecule has 0 aliphatic carbocycles. The number of carbonyl (C=O) groups is 1. The standard InChI is InChI=1S/C19H29BO5/c1-7-22-15-11-9-14(10-12-15)16(13-17(21)23-8-2)20-24-18(3,4)19(5,6)25-20/h9-12,16H,7-8,13H2,1-6H3. The van der Waals surface area contributed by atoms with Crippen molar-refractivity contribution in [3.8, 4) is 5.75 Å². The summed E-state index contributed by atoms with van der Waals surface area (Å²) in [5.41, 5.74) is 0.0705. The van der Waals surface area contributed by atoms with E-state index in [1.165, 1.54) is 0 Å². The van der Waals surface area contributed by atoms with Crippen LogP contribution in [0.5, 0.6) is 5.75 Å². The minimum absolute atomic E-state index is 0.207. The maximum atomic E-state index is 12.1. The summed E-state index contributed by atoms with van der Waals surface area (Å²) in [7, 11) is -0.507. The van der Waals surface area contributed by atoms with Gasteiger partial charge in [-0.05, 0) is 59.2 Å². The highest BCUT2D eigenvalue weighted by Gasteiger charge is 2.54. The number of esters is 1. The van der Waals surface area contributed by atoms with Crippen molar-refractivity contribution in [1.29, 1.82) is 0 Å². The first kappa shape index (κ1) is 19.8. The Morgan fingerprint density at radius 3 is 2.08 bits per heavy atom. The van der Waals surface area contributed by atoms with Gasteiger partial charge in [0.1, 0.15) is 5.75 Å². The number of benzene rings is 1. The van der Waals surface area contributed by atoms with Crippen LogP contribution in [0.15, 0.2) is 24.3 Å². The molecule has 1 heterocycles. The van der Waals surface area contributed by atoms with E-state index in [4.69, 9.17) is 18.8 Å². The molecule has 1 fully saturated rings. The van der Waals surface area contributed by atoms with E-state index in [9.17, 15) is 4.79 Å². The zero-order valence-electron chi connectivity index (χ0n) is 16.1. The second-order valence-corrected chi connectivity index (χ2v) is 7.24. The Labute approximate surface area is 151 Å². The molecule has 138 valence electrons. The van der Waals surface area contributed by atoms with E-state index in [0.717, 1.165) is 11.3 Å². The lowest BCUT2D eigenvalue weighted by molar-refractivity contribution is -0.143. The van der Waals surface area contributed by atoms with Crippen LogP contribution in [0.25, 0.3) is 0 Å². The molecule has 1 aromatic carbocycles.